The lowest BCUT2D eigenvalue weighted by Gasteiger charge is -2.29. The predicted molar refractivity (Wildman–Crippen MR) is 91.4 cm³/mol. The quantitative estimate of drug-likeness (QED) is 0.736. The molecule has 106 valence electrons. The fourth-order valence-electron chi connectivity index (χ4n) is 2.24. The molecule has 1 aromatic heterocycles. The summed E-state index contributed by atoms with van der Waals surface area (Å²) in [5.74, 6) is 0. The molecule has 2 rings (SSSR count). The maximum atomic E-state index is 8.15. The third-order valence-electron chi connectivity index (χ3n) is 3.34. The number of hydrogen-bond donors (Lipinski definition) is 0. The van der Waals surface area contributed by atoms with Crippen molar-refractivity contribution in [2.75, 3.05) is 0 Å². The van der Waals surface area contributed by atoms with E-state index in [0.717, 1.165) is 0 Å². The molecule has 0 fully saturated rings. The summed E-state index contributed by atoms with van der Waals surface area (Å²) in [5, 5.41) is 1.29. The van der Waals surface area contributed by atoms with Gasteiger partial charge in [0.2, 0.25) is 0 Å². The van der Waals surface area contributed by atoms with E-state index in [-0.39, 0.29) is 29.6 Å². The van der Waals surface area contributed by atoms with E-state index in [4.69, 9.17) is 5.48 Å². The molecule has 0 radical (unpaired) electrons. The van der Waals surface area contributed by atoms with E-state index in [9.17, 15) is 0 Å². The van der Waals surface area contributed by atoms with Crippen molar-refractivity contribution in [2.45, 2.75) is 45.8 Å². The highest BCUT2D eigenvalue weighted by Crippen LogP contribution is 2.26. The third-order valence-corrected chi connectivity index (χ3v) is 5.36. The van der Waals surface area contributed by atoms with Crippen LogP contribution in [0.5, 0.6) is 0 Å². The Bertz CT molecular complexity index is 789. The molecule has 2 heteroatoms. The average Bonchev–Trinajstić information content (AvgIpc) is 2.46. The lowest BCUT2D eigenvalue weighted by Crippen LogP contribution is -2.43. The van der Waals surface area contributed by atoms with Crippen LogP contribution in [-0.2, 0) is 5.41 Å². The summed E-state index contributed by atoms with van der Waals surface area (Å²) in [6.45, 7) is 13.3. The molecule has 2 aromatic rings. The molecule has 0 aliphatic carbocycles. The lowest BCUT2D eigenvalue weighted by atomic mass is 9.86. The molecule has 0 bridgehead atoms. The Morgan fingerprint density at radius 3 is 2.40 bits per heavy atom. The van der Waals surface area contributed by atoms with Crippen molar-refractivity contribution in [1.82, 2.24) is 4.98 Å². The number of pyridine rings is 1. The SMILES string of the molecule is [2H]c1cc(-c2cc(C(C)(C)C)c([Si](C)(C)C)cn2)c([2H])c([2H])c1[2H]. The monoisotopic (exact) mass is 287 g/mol. The van der Waals surface area contributed by atoms with Crippen molar-refractivity contribution in [1.29, 1.82) is 0 Å². The van der Waals surface area contributed by atoms with Crippen LogP contribution in [0, 0.1) is 0 Å². The lowest BCUT2D eigenvalue weighted by molar-refractivity contribution is 0.593. The average molecular weight is 288 g/mol. The molecule has 0 atom stereocenters. The summed E-state index contributed by atoms with van der Waals surface area (Å²) in [7, 11) is -1.57. The van der Waals surface area contributed by atoms with Gasteiger partial charge < -0.3 is 0 Å². The van der Waals surface area contributed by atoms with E-state index in [1.807, 2.05) is 12.3 Å². The first kappa shape index (κ1) is 10.3. The van der Waals surface area contributed by atoms with Crippen LogP contribution in [0.2, 0.25) is 19.6 Å². The maximum absolute atomic E-state index is 8.15. The van der Waals surface area contributed by atoms with Gasteiger partial charge in [-0.2, -0.15) is 0 Å². The highest BCUT2D eigenvalue weighted by Gasteiger charge is 2.27. The Kier molecular flexibility index (Phi) is 2.67. The van der Waals surface area contributed by atoms with Gasteiger partial charge in [0.05, 0.1) is 19.3 Å². The molecule has 0 aliphatic rings. The summed E-state index contributed by atoms with van der Waals surface area (Å²) >= 11 is 0. The molecule has 1 aromatic carbocycles. The Hall–Kier alpha value is -1.41. The minimum absolute atomic E-state index is 0.0379. The van der Waals surface area contributed by atoms with Crippen LogP contribution in [0.1, 0.15) is 31.8 Å². The van der Waals surface area contributed by atoms with Crippen molar-refractivity contribution in [2.24, 2.45) is 0 Å². The second kappa shape index (κ2) is 5.17. The summed E-state index contributed by atoms with van der Waals surface area (Å²) < 4.78 is 31.6. The zero-order chi connectivity index (χ0) is 18.4. The first-order valence-corrected chi connectivity index (χ1v) is 10.4. The van der Waals surface area contributed by atoms with E-state index >= 15 is 0 Å². The van der Waals surface area contributed by atoms with Crippen LogP contribution < -0.4 is 5.19 Å². The highest BCUT2D eigenvalue weighted by atomic mass is 28.3. The highest BCUT2D eigenvalue weighted by molar-refractivity contribution is 6.89. The summed E-state index contributed by atoms with van der Waals surface area (Å²) in [4.78, 5) is 4.55. The van der Waals surface area contributed by atoms with Crippen molar-refractivity contribution < 1.29 is 5.48 Å². The van der Waals surface area contributed by atoms with Crippen LogP contribution in [0.3, 0.4) is 0 Å². The molecule has 1 nitrogen and oxygen atoms in total. The van der Waals surface area contributed by atoms with Crippen molar-refractivity contribution in [3.8, 4) is 11.3 Å². The standard InChI is InChI=1S/C18H25NSi/c1-18(2,3)15-12-16(14-10-8-7-9-11-14)19-13-17(15)20(4,5)6/h7-13H,1-6H3/i7D,8D,9D,10D. The van der Waals surface area contributed by atoms with Crippen molar-refractivity contribution in [3.05, 3.63) is 48.1 Å². The van der Waals surface area contributed by atoms with Gasteiger partial charge in [-0.05, 0) is 22.2 Å². The molecular formula is C18H25NSi. The number of aromatic nitrogens is 1. The zero-order valence-corrected chi connectivity index (χ0v) is 14.2. The Labute approximate surface area is 129 Å². The minimum Gasteiger partial charge on any atom is -0.256 e. The van der Waals surface area contributed by atoms with Crippen LogP contribution in [0.4, 0.5) is 0 Å². The van der Waals surface area contributed by atoms with Crippen LogP contribution in [0.25, 0.3) is 11.3 Å². The molecule has 0 saturated carbocycles. The van der Waals surface area contributed by atoms with Gasteiger partial charge in [-0.15, -0.1) is 0 Å². The van der Waals surface area contributed by atoms with E-state index in [2.05, 4.69) is 45.4 Å². The zero-order valence-electron chi connectivity index (χ0n) is 17.2. The van der Waals surface area contributed by atoms with E-state index in [1.165, 1.54) is 16.8 Å². The molecule has 0 unspecified atom stereocenters. The number of hydrogen-bond acceptors (Lipinski definition) is 1. The maximum Gasteiger partial charge on any atom is 0.0800 e. The smallest absolute Gasteiger partial charge is 0.0800 e. The fourth-order valence-corrected chi connectivity index (χ4v) is 3.94. The molecular weight excluding hydrogens is 258 g/mol. The van der Waals surface area contributed by atoms with Gasteiger partial charge in [-0.25, -0.2) is 0 Å². The molecule has 0 spiro atoms. The van der Waals surface area contributed by atoms with Gasteiger partial charge in [-0.1, -0.05) is 70.6 Å². The van der Waals surface area contributed by atoms with Gasteiger partial charge in [0.25, 0.3) is 0 Å². The largest absolute Gasteiger partial charge is 0.256 e. The molecule has 1 heterocycles. The first-order chi connectivity index (χ1) is 10.8. The summed E-state index contributed by atoms with van der Waals surface area (Å²) in [6.07, 6.45) is 1.91. The van der Waals surface area contributed by atoms with Gasteiger partial charge in [0, 0.05) is 11.8 Å². The van der Waals surface area contributed by atoms with Gasteiger partial charge in [0.15, 0.2) is 0 Å². The topological polar surface area (TPSA) is 12.9 Å². The number of rotatable bonds is 2. The Morgan fingerprint density at radius 1 is 1.10 bits per heavy atom. The number of nitrogens with zero attached hydrogens (tertiary/aromatic N) is 1. The van der Waals surface area contributed by atoms with Crippen LogP contribution in [0.15, 0.2) is 42.5 Å². The summed E-state index contributed by atoms with van der Waals surface area (Å²) in [6, 6.07) is 2.97. The second-order valence-electron chi connectivity index (χ2n) is 7.19. The number of benzene rings is 1. The molecule has 0 aliphatic heterocycles. The van der Waals surface area contributed by atoms with Crippen molar-refractivity contribution in [3.63, 3.8) is 0 Å². The predicted octanol–water partition coefficient (Wildman–Crippen LogP) is 4.59. The van der Waals surface area contributed by atoms with Crippen LogP contribution in [-0.4, -0.2) is 13.1 Å². The van der Waals surface area contributed by atoms with E-state index in [0.29, 0.717) is 11.3 Å². The van der Waals surface area contributed by atoms with E-state index in [1.54, 1.807) is 0 Å². The molecule has 0 N–H and O–H groups in total. The third kappa shape index (κ3) is 3.18. The molecule has 20 heavy (non-hydrogen) atoms. The van der Waals surface area contributed by atoms with Gasteiger partial charge in [-0.3, -0.25) is 4.98 Å². The summed E-state index contributed by atoms with van der Waals surface area (Å²) in [5.41, 5.74) is 2.21. The van der Waals surface area contributed by atoms with Gasteiger partial charge in [0.1, 0.15) is 0 Å². The first-order valence-electron chi connectivity index (χ1n) is 8.93. The Balaban J connectivity index is 2.75. The minimum atomic E-state index is -1.57. The normalized spacial score (nSPS) is 15.3. The fraction of sp³-hybridized carbons (Fsp3) is 0.389. The molecule has 0 saturated heterocycles. The Morgan fingerprint density at radius 2 is 1.80 bits per heavy atom. The van der Waals surface area contributed by atoms with Crippen molar-refractivity contribution >= 4 is 13.3 Å². The van der Waals surface area contributed by atoms with Gasteiger partial charge >= 0.3 is 0 Å². The molecule has 0 amide bonds. The second-order valence-corrected chi connectivity index (χ2v) is 12.2. The van der Waals surface area contributed by atoms with Crippen LogP contribution >= 0.6 is 0 Å². The van der Waals surface area contributed by atoms with E-state index < -0.39 is 8.07 Å².